The summed E-state index contributed by atoms with van der Waals surface area (Å²) < 4.78 is 13.2. The number of nitrogens with zero attached hydrogens (tertiary/aromatic N) is 1. The van der Waals surface area contributed by atoms with E-state index in [0.29, 0.717) is 32.5 Å². The van der Waals surface area contributed by atoms with Crippen LogP contribution in [-0.2, 0) is 4.79 Å². The van der Waals surface area contributed by atoms with Crippen LogP contribution in [0, 0.1) is 11.7 Å². The van der Waals surface area contributed by atoms with Crippen molar-refractivity contribution in [2.45, 2.75) is 38.6 Å². The summed E-state index contributed by atoms with van der Waals surface area (Å²) in [4.78, 5) is 26.7. The lowest BCUT2D eigenvalue weighted by atomic mass is 9.88. The molecule has 0 aliphatic carbocycles. The van der Waals surface area contributed by atoms with Gasteiger partial charge in [-0.15, -0.1) is 6.58 Å². The molecule has 1 aliphatic rings. The van der Waals surface area contributed by atoms with Gasteiger partial charge in [0.15, 0.2) is 0 Å². The summed E-state index contributed by atoms with van der Waals surface area (Å²) >= 11 is 0. The second-order valence-electron chi connectivity index (χ2n) is 6.61. The van der Waals surface area contributed by atoms with E-state index in [1.807, 2.05) is 0 Å². The maximum Gasteiger partial charge on any atom is 0.317 e. The number of piperidine rings is 1. The highest BCUT2D eigenvalue weighted by Gasteiger charge is 2.35. The standard InChI is InChI=1S/C20H28FN3O2/c1-3-5-13-23-20(26)24-14-16(19(25)22-12-4-2)8-11-18(24)15-6-9-17(21)10-7-15/h4,6-7,9-10,16,18H,2-3,5,8,11-14H2,1H3,(H,22,25)(H,23,26)/t16-,18+/m0/s1. The van der Waals surface area contributed by atoms with E-state index >= 15 is 0 Å². The maximum atomic E-state index is 13.2. The van der Waals surface area contributed by atoms with Crippen LogP contribution in [0.5, 0.6) is 0 Å². The van der Waals surface area contributed by atoms with Crippen LogP contribution in [-0.4, -0.2) is 36.5 Å². The van der Waals surface area contributed by atoms with Gasteiger partial charge < -0.3 is 15.5 Å². The SMILES string of the molecule is C=CCNC(=O)[C@H]1CC[C@H](c2ccc(F)cc2)N(C(=O)NCCCC)C1. The highest BCUT2D eigenvalue weighted by molar-refractivity contribution is 5.81. The molecule has 1 saturated heterocycles. The molecule has 0 unspecified atom stereocenters. The van der Waals surface area contributed by atoms with E-state index in [9.17, 15) is 14.0 Å². The van der Waals surface area contributed by atoms with Crippen LogP contribution in [0.25, 0.3) is 0 Å². The van der Waals surface area contributed by atoms with Crippen molar-refractivity contribution in [3.8, 4) is 0 Å². The molecule has 0 aromatic heterocycles. The average Bonchev–Trinajstić information content (AvgIpc) is 2.66. The van der Waals surface area contributed by atoms with Crippen LogP contribution in [0.2, 0.25) is 0 Å². The summed E-state index contributed by atoms with van der Waals surface area (Å²) in [6, 6.07) is 5.92. The van der Waals surface area contributed by atoms with Gasteiger partial charge in [-0.1, -0.05) is 31.6 Å². The normalized spacial score (nSPS) is 19.7. The number of carbonyl (C=O) groups excluding carboxylic acids is 2. The zero-order valence-electron chi connectivity index (χ0n) is 15.3. The predicted molar refractivity (Wildman–Crippen MR) is 100 cm³/mol. The number of benzene rings is 1. The van der Waals surface area contributed by atoms with Gasteiger partial charge in [0, 0.05) is 19.6 Å². The molecule has 0 radical (unpaired) electrons. The Balaban J connectivity index is 2.13. The fourth-order valence-corrected chi connectivity index (χ4v) is 3.23. The second kappa shape index (κ2) is 9.94. The first kappa shape index (κ1) is 19.9. The van der Waals surface area contributed by atoms with Crippen molar-refractivity contribution in [1.82, 2.24) is 15.5 Å². The Morgan fingerprint density at radius 2 is 2.00 bits per heavy atom. The smallest absolute Gasteiger partial charge is 0.317 e. The number of unbranched alkanes of at least 4 members (excludes halogenated alkanes) is 1. The minimum Gasteiger partial charge on any atom is -0.352 e. The molecule has 1 aliphatic heterocycles. The summed E-state index contributed by atoms with van der Waals surface area (Å²) in [7, 11) is 0. The molecular weight excluding hydrogens is 333 g/mol. The number of likely N-dealkylation sites (tertiary alicyclic amines) is 1. The van der Waals surface area contributed by atoms with E-state index in [2.05, 4.69) is 24.1 Å². The highest BCUT2D eigenvalue weighted by Crippen LogP contribution is 2.33. The summed E-state index contributed by atoms with van der Waals surface area (Å²) in [6.07, 6.45) is 4.89. The van der Waals surface area contributed by atoms with Gasteiger partial charge in [0.1, 0.15) is 5.82 Å². The molecule has 0 spiro atoms. The predicted octanol–water partition coefficient (Wildman–Crippen LogP) is 3.39. The van der Waals surface area contributed by atoms with Crippen molar-refractivity contribution < 1.29 is 14.0 Å². The minimum absolute atomic E-state index is 0.0613. The lowest BCUT2D eigenvalue weighted by Gasteiger charge is -2.39. The van der Waals surface area contributed by atoms with Gasteiger partial charge in [0.25, 0.3) is 0 Å². The number of rotatable bonds is 7. The number of carbonyl (C=O) groups is 2. The molecule has 0 saturated carbocycles. The topological polar surface area (TPSA) is 61.4 Å². The van der Waals surface area contributed by atoms with Crippen molar-refractivity contribution in [1.29, 1.82) is 0 Å². The third kappa shape index (κ3) is 5.31. The molecule has 142 valence electrons. The van der Waals surface area contributed by atoms with E-state index < -0.39 is 0 Å². The molecule has 1 aromatic rings. The average molecular weight is 361 g/mol. The summed E-state index contributed by atoms with van der Waals surface area (Å²) in [5, 5.41) is 5.74. The minimum atomic E-state index is -0.301. The van der Waals surface area contributed by atoms with E-state index in [0.717, 1.165) is 18.4 Å². The van der Waals surface area contributed by atoms with Crippen molar-refractivity contribution in [2.24, 2.45) is 5.92 Å². The molecule has 3 amide bonds. The number of urea groups is 1. The first-order valence-electron chi connectivity index (χ1n) is 9.25. The maximum absolute atomic E-state index is 13.2. The number of hydrogen-bond donors (Lipinski definition) is 2. The van der Waals surface area contributed by atoms with E-state index in [4.69, 9.17) is 0 Å². The van der Waals surface area contributed by atoms with E-state index in [1.54, 1.807) is 23.1 Å². The van der Waals surface area contributed by atoms with Crippen LogP contribution in [0.1, 0.15) is 44.2 Å². The molecule has 5 nitrogen and oxygen atoms in total. The molecule has 1 heterocycles. The fourth-order valence-electron chi connectivity index (χ4n) is 3.23. The van der Waals surface area contributed by atoms with E-state index in [1.165, 1.54) is 12.1 Å². The summed E-state index contributed by atoms with van der Waals surface area (Å²) in [5.74, 6) is -0.609. The molecule has 0 bridgehead atoms. The monoisotopic (exact) mass is 361 g/mol. The van der Waals surface area contributed by atoms with Gasteiger partial charge in [-0.3, -0.25) is 4.79 Å². The number of hydrogen-bond acceptors (Lipinski definition) is 2. The molecule has 1 aromatic carbocycles. The van der Waals surface area contributed by atoms with E-state index in [-0.39, 0.29) is 29.7 Å². The molecule has 6 heteroatoms. The van der Waals surface area contributed by atoms with Crippen LogP contribution in [0.3, 0.4) is 0 Å². The van der Waals surface area contributed by atoms with Gasteiger partial charge in [0.05, 0.1) is 12.0 Å². The van der Waals surface area contributed by atoms with Crippen molar-refractivity contribution in [2.75, 3.05) is 19.6 Å². The Kier molecular flexibility index (Phi) is 7.63. The third-order valence-corrected chi connectivity index (χ3v) is 4.70. The lowest BCUT2D eigenvalue weighted by Crippen LogP contribution is -2.50. The molecule has 2 rings (SSSR count). The van der Waals surface area contributed by atoms with Gasteiger partial charge in [-0.25, -0.2) is 9.18 Å². The van der Waals surface area contributed by atoms with Crippen LogP contribution < -0.4 is 10.6 Å². The van der Waals surface area contributed by atoms with Crippen molar-refractivity contribution in [3.05, 3.63) is 48.3 Å². The van der Waals surface area contributed by atoms with Gasteiger partial charge >= 0.3 is 6.03 Å². The Bertz CT molecular complexity index is 618. The Morgan fingerprint density at radius 3 is 2.65 bits per heavy atom. The first-order chi connectivity index (χ1) is 12.6. The van der Waals surface area contributed by atoms with Crippen LogP contribution >= 0.6 is 0 Å². The molecule has 1 fully saturated rings. The van der Waals surface area contributed by atoms with Gasteiger partial charge in [-0.05, 0) is 37.0 Å². The fraction of sp³-hybridized carbons (Fsp3) is 0.500. The van der Waals surface area contributed by atoms with Crippen molar-refractivity contribution >= 4 is 11.9 Å². The zero-order valence-corrected chi connectivity index (χ0v) is 15.3. The molecular formula is C20H28FN3O2. The van der Waals surface area contributed by atoms with Gasteiger partial charge in [-0.2, -0.15) is 0 Å². The summed E-state index contributed by atoms with van der Waals surface area (Å²) in [6.45, 7) is 7.04. The van der Waals surface area contributed by atoms with Crippen LogP contribution in [0.4, 0.5) is 9.18 Å². The highest BCUT2D eigenvalue weighted by atomic mass is 19.1. The second-order valence-corrected chi connectivity index (χ2v) is 6.61. The zero-order chi connectivity index (χ0) is 18.9. The Hall–Kier alpha value is -2.37. The first-order valence-corrected chi connectivity index (χ1v) is 9.25. The Labute approximate surface area is 154 Å². The third-order valence-electron chi connectivity index (χ3n) is 4.70. The quantitative estimate of drug-likeness (QED) is 0.578. The summed E-state index contributed by atoms with van der Waals surface area (Å²) in [5.41, 5.74) is 0.891. The van der Waals surface area contributed by atoms with Gasteiger partial charge in [0.2, 0.25) is 5.91 Å². The Morgan fingerprint density at radius 1 is 1.27 bits per heavy atom. The largest absolute Gasteiger partial charge is 0.352 e. The van der Waals surface area contributed by atoms with Crippen LogP contribution in [0.15, 0.2) is 36.9 Å². The molecule has 2 atom stereocenters. The number of nitrogens with one attached hydrogen (secondary N) is 2. The number of halogens is 1. The number of amides is 3. The molecule has 26 heavy (non-hydrogen) atoms. The van der Waals surface area contributed by atoms with Crippen molar-refractivity contribution in [3.63, 3.8) is 0 Å². The molecule has 2 N–H and O–H groups in total. The lowest BCUT2D eigenvalue weighted by molar-refractivity contribution is -0.126.